The molecule has 2 aliphatic heterocycles. The average Bonchev–Trinajstić information content (AvgIpc) is 3.33. The molecule has 5 nitrogen and oxygen atoms in total. The number of likely N-dealkylation sites (tertiary alicyclic amines) is 2. The molecule has 2 aliphatic rings. The number of rotatable bonds is 3. The summed E-state index contributed by atoms with van der Waals surface area (Å²) in [7, 11) is 0. The Morgan fingerprint density at radius 1 is 1.22 bits per heavy atom. The molecule has 0 unspecified atom stereocenters. The van der Waals surface area contributed by atoms with E-state index in [9.17, 15) is 18.4 Å². The Hall–Kier alpha value is -2.35. The molecular weight excluding hydrogens is 372 g/mol. The zero-order valence-electron chi connectivity index (χ0n) is 14.7. The van der Waals surface area contributed by atoms with Gasteiger partial charge >= 0.3 is 0 Å². The molecule has 1 spiro atoms. The largest absolute Gasteiger partial charge is 0.338 e. The van der Waals surface area contributed by atoms with Crippen molar-refractivity contribution >= 4 is 23.2 Å². The number of carbonyl (C=O) groups excluding carboxylic acids is 2. The molecule has 8 heteroatoms. The van der Waals surface area contributed by atoms with Gasteiger partial charge in [0.2, 0.25) is 5.91 Å². The Bertz CT molecular complexity index is 874. The predicted octanol–water partition coefficient (Wildman–Crippen LogP) is 3.08. The smallest absolute Gasteiger partial charge is 0.273 e. The van der Waals surface area contributed by atoms with Gasteiger partial charge in [-0.2, -0.15) is 0 Å². The Morgan fingerprint density at radius 3 is 2.81 bits per heavy atom. The Balaban J connectivity index is 1.48. The Kier molecular flexibility index (Phi) is 4.67. The standard InChI is InChI=1S/C19H19F2N3O2S/c20-14-3-2-13(8-15(14)21)9-23-6-1-4-19(18(23)26)5-7-24(11-19)17(25)16-10-27-12-22-16/h2-3,8,10,12H,1,4-7,9,11H2/t19-/m1/s1. The summed E-state index contributed by atoms with van der Waals surface area (Å²) in [5.74, 6) is -1.95. The van der Waals surface area contributed by atoms with Gasteiger partial charge < -0.3 is 9.80 Å². The summed E-state index contributed by atoms with van der Waals surface area (Å²) in [6.07, 6.45) is 2.19. The van der Waals surface area contributed by atoms with Crippen LogP contribution in [0.5, 0.6) is 0 Å². The summed E-state index contributed by atoms with van der Waals surface area (Å²) in [5.41, 5.74) is 2.02. The first-order valence-electron chi connectivity index (χ1n) is 8.89. The van der Waals surface area contributed by atoms with Crippen LogP contribution in [0.4, 0.5) is 8.78 Å². The number of thiazole rings is 1. The molecule has 3 heterocycles. The molecule has 27 heavy (non-hydrogen) atoms. The molecule has 1 atom stereocenters. The zero-order chi connectivity index (χ0) is 19.0. The van der Waals surface area contributed by atoms with E-state index in [1.165, 1.54) is 17.4 Å². The molecular formula is C19H19F2N3O2S. The molecule has 0 saturated carbocycles. The number of carbonyl (C=O) groups is 2. The second-order valence-electron chi connectivity index (χ2n) is 7.21. The predicted molar refractivity (Wildman–Crippen MR) is 96.1 cm³/mol. The van der Waals surface area contributed by atoms with Crippen molar-refractivity contribution < 1.29 is 18.4 Å². The molecule has 2 fully saturated rings. The highest BCUT2D eigenvalue weighted by Crippen LogP contribution is 2.41. The van der Waals surface area contributed by atoms with Gasteiger partial charge in [-0.05, 0) is 37.0 Å². The minimum Gasteiger partial charge on any atom is -0.338 e. The lowest BCUT2D eigenvalue weighted by molar-refractivity contribution is -0.146. The van der Waals surface area contributed by atoms with Crippen molar-refractivity contribution in [3.8, 4) is 0 Å². The van der Waals surface area contributed by atoms with Crippen LogP contribution in [-0.2, 0) is 11.3 Å². The van der Waals surface area contributed by atoms with E-state index in [1.807, 2.05) is 0 Å². The summed E-state index contributed by atoms with van der Waals surface area (Å²) in [4.78, 5) is 33.2. The number of hydrogen-bond donors (Lipinski definition) is 0. The lowest BCUT2D eigenvalue weighted by atomic mass is 9.78. The number of aromatic nitrogens is 1. The molecule has 1 aromatic heterocycles. The third kappa shape index (κ3) is 3.34. The molecule has 1 aromatic carbocycles. The topological polar surface area (TPSA) is 53.5 Å². The fourth-order valence-electron chi connectivity index (χ4n) is 4.07. The van der Waals surface area contributed by atoms with Crippen LogP contribution in [0.25, 0.3) is 0 Å². The molecule has 2 saturated heterocycles. The first-order chi connectivity index (χ1) is 13.0. The van der Waals surface area contributed by atoms with Crippen LogP contribution in [-0.4, -0.2) is 46.2 Å². The van der Waals surface area contributed by atoms with Crippen molar-refractivity contribution in [1.82, 2.24) is 14.8 Å². The van der Waals surface area contributed by atoms with E-state index in [1.54, 1.807) is 20.7 Å². The van der Waals surface area contributed by atoms with Gasteiger partial charge in [-0.1, -0.05) is 6.07 Å². The first kappa shape index (κ1) is 18.0. The molecule has 0 radical (unpaired) electrons. The quantitative estimate of drug-likeness (QED) is 0.808. The Labute approximate surface area is 159 Å². The van der Waals surface area contributed by atoms with E-state index in [4.69, 9.17) is 0 Å². The van der Waals surface area contributed by atoms with E-state index in [0.717, 1.165) is 25.0 Å². The minimum absolute atomic E-state index is 0.00735. The van der Waals surface area contributed by atoms with Crippen molar-refractivity contribution in [2.24, 2.45) is 5.41 Å². The molecule has 4 rings (SSSR count). The molecule has 2 amide bonds. The molecule has 0 bridgehead atoms. The summed E-state index contributed by atoms with van der Waals surface area (Å²) in [5, 5.41) is 1.71. The summed E-state index contributed by atoms with van der Waals surface area (Å²) in [6.45, 7) is 1.75. The molecule has 0 N–H and O–H groups in total. The fourth-order valence-corrected chi connectivity index (χ4v) is 4.59. The van der Waals surface area contributed by atoms with Gasteiger partial charge in [0.25, 0.3) is 5.91 Å². The van der Waals surface area contributed by atoms with Crippen LogP contribution >= 0.6 is 11.3 Å². The second-order valence-corrected chi connectivity index (χ2v) is 7.93. The van der Waals surface area contributed by atoms with Crippen LogP contribution in [0.3, 0.4) is 0 Å². The fraction of sp³-hybridized carbons (Fsp3) is 0.421. The van der Waals surface area contributed by atoms with Gasteiger partial charge in [0.1, 0.15) is 5.69 Å². The third-order valence-electron chi connectivity index (χ3n) is 5.47. The van der Waals surface area contributed by atoms with Crippen molar-refractivity contribution in [2.45, 2.75) is 25.8 Å². The number of halogens is 2. The van der Waals surface area contributed by atoms with Crippen LogP contribution in [0.1, 0.15) is 35.3 Å². The number of benzene rings is 1. The maximum absolute atomic E-state index is 13.5. The third-order valence-corrected chi connectivity index (χ3v) is 6.06. The van der Waals surface area contributed by atoms with Gasteiger partial charge in [-0.25, -0.2) is 13.8 Å². The molecule has 142 valence electrons. The highest BCUT2D eigenvalue weighted by atomic mass is 32.1. The van der Waals surface area contributed by atoms with Crippen molar-refractivity contribution in [3.05, 3.63) is 52.0 Å². The van der Waals surface area contributed by atoms with Crippen LogP contribution in [0.2, 0.25) is 0 Å². The lowest BCUT2D eigenvalue weighted by Crippen LogP contribution is -2.50. The number of hydrogen-bond acceptors (Lipinski definition) is 4. The van der Waals surface area contributed by atoms with Crippen LogP contribution in [0, 0.1) is 17.0 Å². The van der Waals surface area contributed by atoms with Gasteiger partial charge in [0.05, 0.1) is 10.9 Å². The van der Waals surface area contributed by atoms with E-state index >= 15 is 0 Å². The number of nitrogens with zero attached hydrogens (tertiary/aromatic N) is 3. The first-order valence-corrected chi connectivity index (χ1v) is 9.84. The molecule has 2 aromatic rings. The van der Waals surface area contributed by atoms with Crippen LogP contribution in [0.15, 0.2) is 29.1 Å². The lowest BCUT2D eigenvalue weighted by Gasteiger charge is -2.39. The zero-order valence-corrected chi connectivity index (χ0v) is 15.5. The maximum atomic E-state index is 13.5. The number of amides is 2. The summed E-state index contributed by atoms with van der Waals surface area (Å²) >= 11 is 1.37. The molecule has 0 aliphatic carbocycles. The monoisotopic (exact) mass is 391 g/mol. The maximum Gasteiger partial charge on any atom is 0.273 e. The van der Waals surface area contributed by atoms with Crippen LogP contribution < -0.4 is 0 Å². The van der Waals surface area contributed by atoms with Gasteiger partial charge in [0.15, 0.2) is 11.6 Å². The minimum atomic E-state index is -0.910. The van der Waals surface area contributed by atoms with Gasteiger partial charge in [-0.15, -0.1) is 11.3 Å². The highest BCUT2D eigenvalue weighted by molar-refractivity contribution is 7.07. The normalized spacial score (nSPS) is 22.7. The summed E-state index contributed by atoms with van der Waals surface area (Å²) < 4.78 is 26.6. The highest BCUT2D eigenvalue weighted by Gasteiger charge is 2.49. The van der Waals surface area contributed by atoms with Crippen molar-refractivity contribution in [3.63, 3.8) is 0 Å². The van der Waals surface area contributed by atoms with Gasteiger partial charge in [-0.3, -0.25) is 9.59 Å². The average molecular weight is 391 g/mol. The SMILES string of the molecule is O=C(c1cscn1)N1CC[C@]2(CCCN(Cc3ccc(F)c(F)c3)C2=O)C1. The Morgan fingerprint density at radius 2 is 2.07 bits per heavy atom. The van der Waals surface area contributed by atoms with Gasteiger partial charge in [0, 0.05) is 31.6 Å². The summed E-state index contributed by atoms with van der Waals surface area (Å²) in [6, 6.07) is 3.72. The van der Waals surface area contributed by atoms with E-state index < -0.39 is 17.0 Å². The second kappa shape index (κ2) is 6.99. The van der Waals surface area contributed by atoms with E-state index in [2.05, 4.69) is 4.98 Å². The van der Waals surface area contributed by atoms with Crippen molar-refractivity contribution in [1.29, 1.82) is 0 Å². The number of piperidine rings is 1. The van der Waals surface area contributed by atoms with Crippen molar-refractivity contribution in [2.75, 3.05) is 19.6 Å². The van der Waals surface area contributed by atoms with E-state index in [0.29, 0.717) is 37.3 Å². The van der Waals surface area contributed by atoms with E-state index in [-0.39, 0.29) is 18.4 Å².